The van der Waals surface area contributed by atoms with E-state index >= 15 is 0 Å². The third-order valence-electron chi connectivity index (χ3n) is 9.10. The van der Waals surface area contributed by atoms with Gasteiger partial charge < -0.3 is 28.4 Å². The zero-order valence-corrected chi connectivity index (χ0v) is 29.6. The van der Waals surface area contributed by atoms with Gasteiger partial charge in [-0.2, -0.15) is 22.0 Å². The fourth-order valence-corrected chi connectivity index (χ4v) is 6.26. The number of methoxy groups -OCH3 is 2. The lowest BCUT2D eigenvalue weighted by atomic mass is 9.66. The van der Waals surface area contributed by atoms with Crippen molar-refractivity contribution >= 4 is 5.97 Å². The molecule has 50 heavy (non-hydrogen) atoms. The summed E-state index contributed by atoms with van der Waals surface area (Å²) in [6.07, 6.45) is 1.19. The van der Waals surface area contributed by atoms with Crippen molar-refractivity contribution < 1.29 is 55.2 Å². The molecule has 0 aliphatic carbocycles. The van der Waals surface area contributed by atoms with Crippen molar-refractivity contribution in [2.45, 2.75) is 108 Å². The second-order valence-electron chi connectivity index (χ2n) is 12.8. The van der Waals surface area contributed by atoms with Crippen molar-refractivity contribution in [3.05, 3.63) is 65.2 Å². The number of allylic oxidation sites excluding steroid dienone is 1. The lowest BCUT2D eigenvalue weighted by molar-refractivity contribution is -0.283. The number of benzene rings is 2. The lowest BCUT2D eigenvalue weighted by Gasteiger charge is -2.43. The Morgan fingerprint density at radius 3 is 2.10 bits per heavy atom. The minimum absolute atomic E-state index is 0.0907. The first-order chi connectivity index (χ1) is 23.9. The first-order valence-corrected chi connectivity index (χ1v) is 17.3. The molecule has 2 unspecified atom stereocenters. The van der Waals surface area contributed by atoms with Crippen LogP contribution < -0.4 is 14.2 Å². The van der Waals surface area contributed by atoms with E-state index in [1.165, 1.54) is 0 Å². The number of rotatable bonds is 22. The molecule has 12 heteroatoms. The van der Waals surface area contributed by atoms with E-state index in [2.05, 4.69) is 25.1 Å². The zero-order chi connectivity index (χ0) is 36.6. The fraction of sp³-hybridized carbons (Fsp3) is 0.605. The van der Waals surface area contributed by atoms with Gasteiger partial charge in [0.05, 0.1) is 13.2 Å². The Bertz CT molecular complexity index is 1350. The highest BCUT2D eigenvalue weighted by atomic mass is 19.4. The average molecular weight is 715 g/mol. The highest BCUT2D eigenvalue weighted by Crippen LogP contribution is 2.50. The average Bonchev–Trinajstić information content (AvgIpc) is 3.08. The van der Waals surface area contributed by atoms with Crippen molar-refractivity contribution in [3.63, 3.8) is 0 Å². The van der Waals surface area contributed by atoms with Crippen LogP contribution in [0.5, 0.6) is 17.2 Å². The molecule has 2 aromatic rings. The van der Waals surface area contributed by atoms with Gasteiger partial charge in [0.2, 0.25) is 0 Å². The van der Waals surface area contributed by atoms with Crippen LogP contribution in [0.4, 0.5) is 22.0 Å². The van der Waals surface area contributed by atoms with Crippen LogP contribution in [0.2, 0.25) is 0 Å². The minimum Gasteiger partial charge on any atom is -0.492 e. The number of hydrogen-bond donors (Lipinski definition) is 0. The van der Waals surface area contributed by atoms with Crippen LogP contribution >= 0.6 is 0 Å². The molecule has 0 bridgehead atoms. The summed E-state index contributed by atoms with van der Waals surface area (Å²) in [4.78, 5) is 12.3. The van der Waals surface area contributed by atoms with E-state index in [-0.39, 0.29) is 43.5 Å². The van der Waals surface area contributed by atoms with Gasteiger partial charge in [-0.3, -0.25) is 0 Å². The number of halogens is 5. The molecule has 0 fully saturated rings. The molecule has 7 nitrogen and oxygen atoms in total. The van der Waals surface area contributed by atoms with Gasteiger partial charge in [-0.25, -0.2) is 4.79 Å². The van der Waals surface area contributed by atoms with Crippen molar-refractivity contribution in [2.24, 2.45) is 0 Å². The number of esters is 1. The maximum Gasteiger partial charge on any atom is 0.453 e. The fourth-order valence-electron chi connectivity index (χ4n) is 6.26. The number of fused-ring (bicyclic) bond motifs is 1. The van der Waals surface area contributed by atoms with E-state index in [0.29, 0.717) is 18.8 Å². The number of hydrogen-bond acceptors (Lipinski definition) is 7. The monoisotopic (exact) mass is 714 g/mol. The van der Waals surface area contributed by atoms with Crippen LogP contribution in [0.15, 0.2) is 54.1 Å². The number of carbonyl (C=O) groups is 1. The summed E-state index contributed by atoms with van der Waals surface area (Å²) in [5, 5.41) is 0. The van der Waals surface area contributed by atoms with E-state index < -0.39 is 30.9 Å². The predicted molar refractivity (Wildman–Crippen MR) is 180 cm³/mol. The van der Waals surface area contributed by atoms with Crippen molar-refractivity contribution in [1.29, 1.82) is 0 Å². The molecule has 2 aromatic carbocycles. The quantitative estimate of drug-likeness (QED) is 0.0395. The van der Waals surface area contributed by atoms with Crippen LogP contribution in [0.25, 0.3) is 0 Å². The number of alkyl halides is 5. The lowest BCUT2D eigenvalue weighted by Crippen LogP contribution is -2.40. The second kappa shape index (κ2) is 19.9. The molecule has 0 saturated carbocycles. The van der Waals surface area contributed by atoms with Crippen LogP contribution in [-0.2, 0) is 24.4 Å². The summed E-state index contributed by atoms with van der Waals surface area (Å²) in [6.45, 7) is 4.76. The summed E-state index contributed by atoms with van der Waals surface area (Å²) in [5.74, 6) is -3.06. The molecule has 0 radical (unpaired) electrons. The van der Waals surface area contributed by atoms with Gasteiger partial charge in [0.25, 0.3) is 0 Å². The molecule has 0 amide bonds. The predicted octanol–water partition coefficient (Wildman–Crippen LogP) is 10.1. The Hall–Kier alpha value is -3.38. The Balaban J connectivity index is 1.54. The zero-order valence-electron chi connectivity index (χ0n) is 29.6. The highest BCUT2D eigenvalue weighted by Gasteiger charge is 2.56. The second-order valence-corrected chi connectivity index (χ2v) is 12.8. The maximum absolute atomic E-state index is 13.3. The Kier molecular flexibility index (Phi) is 16.3. The van der Waals surface area contributed by atoms with Gasteiger partial charge in [0, 0.05) is 43.6 Å². The summed E-state index contributed by atoms with van der Waals surface area (Å²) < 4.78 is 96.8. The van der Waals surface area contributed by atoms with E-state index in [1.54, 1.807) is 21.1 Å². The third kappa shape index (κ3) is 11.9. The van der Waals surface area contributed by atoms with Gasteiger partial charge in [-0.05, 0) is 61.9 Å². The SMILES string of the molecule is CCOC(=O)C(=CCCC(F)(F)C(F)(F)F)CCCCCCCCCC1c2ccc(OCOC)cc2OCC1(C)c1ccc(OCOC)cc1. The molecule has 280 valence electrons. The van der Waals surface area contributed by atoms with Crippen molar-refractivity contribution in [1.82, 2.24) is 0 Å². The van der Waals surface area contributed by atoms with E-state index in [9.17, 15) is 26.7 Å². The molecular formula is C38H51F5O7. The Morgan fingerprint density at radius 1 is 0.880 bits per heavy atom. The summed E-state index contributed by atoms with van der Waals surface area (Å²) >= 11 is 0. The van der Waals surface area contributed by atoms with Gasteiger partial charge in [-0.1, -0.05) is 69.7 Å². The van der Waals surface area contributed by atoms with E-state index in [4.69, 9.17) is 28.4 Å². The number of ether oxygens (including phenoxy) is 6. The van der Waals surface area contributed by atoms with E-state index in [1.807, 2.05) is 24.3 Å². The van der Waals surface area contributed by atoms with Crippen molar-refractivity contribution in [2.75, 3.05) is 41.0 Å². The first-order valence-electron chi connectivity index (χ1n) is 17.3. The molecule has 0 saturated heterocycles. The summed E-state index contributed by atoms with van der Waals surface area (Å²) in [5.41, 5.74) is 2.16. The molecular weight excluding hydrogens is 663 g/mol. The van der Waals surface area contributed by atoms with Gasteiger partial charge in [0.15, 0.2) is 13.6 Å². The molecule has 1 aliphatic rings. The highest BCUT2D eigenvalue weighted by molar-refractivity contribution is 5.88. The minimum atomic E-state index is -5.62. The maximum atomic E-state index is 13.3. The Morgan fingerprint density at radius 2 is 1.48 bits per heavy atom. The smallest absolute Gasteiger partial charge is 0.453 e. The molecule has 0 spiro atoms. The van der Waals surface area contributed by atoms with Crippen LogP contribution in [0, 0.1) is 0 Å². The molecule has 0 aromatic heterocycles. The van der Waals surface area contributed by atoms with Gasteiger partial charge in [-0.15, -0.1) is 0 Å². The van der Waals surface area contributed by atoms with Crippen LogP contribution in [0.1, 0.15) is 102 Å². The topological polar surface area (TPSA) is 72.5 Å². The van der Waals surface area contributed by atoms with Crippen LogP contribution in [-0.4, -0.2) is 59.1 Å². The standard InChI is InChI=1S/C38H51F5O7/c1-5-47-35(44)28(15-13-23-37(39,40)38(41,42)43)14-11-9-7-6-8-10-12-16-33-32-22-21-31(50-27-46-4)24-34(32)48-25-36(33,2)29-17-19-30(20-18-29)49-26-45-3/h15,17-22,24,33H,5-14,16,23,25-27H2,1-4H3. The van der Waals surface area contributed by atoms with Crippen molar-refractivity contribution in [3.8, 4) is 17.2 Å². The molecule has 0 N–H and O–H groups in total. The molecule has 3 rings (SSSR count). The van der Waals surface area contributed by atoms with Gasteiger partial charge in [0.1, 0.15) is 17.2 Å². The first kappa shape index (κ1) is 41.0. The summed E-state index contributed by atoms with van der Waals surface area (Å²) in [6, 6.07) is 14.0. The van der Waals surface area contributed by atoms with E-state index in [0.717, 1.165) is 73.6 Å². The largest absolute Gasteiger partial charge is 0.492 e. The van der Waals surface area contributed by atoms with Gasteiger partial charge >= 0.3 is 18.1 Å². The third-order valence-corrected chi connectivity index (χ3v) is 9.10. The molecule has 1 aliphatic heterocycles. The number of unbranched alkanes of at least 4 members (excludes halogenated alkanes) is 6. The van der Waals surface area contributed by atoms with Crippen LogP contribution in [0.3, 0.4) is 0 Å². The Labute approximate surface area is 292 Å². The number of carbonyl (C=O) groups excluding carboxylic acids is 1. The summed E-state index contributed by atoms with van der Waals surface area (Å²) in [7, 11) is 3.15. The normalized spacial score (nSPS) is 17.9. The molecule has 1 heterocycles. The molecule has 2 atom stereocenters.